The summed E-state index contributed by atoms with van der Waals surface area (Å²) in [6, 6.07) is 11.4. The van der Waals surface area contributed by atoms with Gasteiger partial charge in [-0.15, -0.1) is 0 Å². The molecule has 2 aromatic rings. The molecule has 7 nitrogen and oxygen atoms in total. The van der Waals surface area contributed by atoms with Crippen molar-refractivity contribution >= 4 is 17.3 Å². The highest BCUT2D eigenvalue weighted by Crippen LogP contribution is 2.27. The van der Waals surface area contributed by atoms with Gasteiger partial charge in [-0.25, -0.2) is 0 Å². The Bertz CT molecular complexity index is 713. The van der Waals surface area contributed by atoms with Gasteiger partial charge in [0.15, 0.2) is 12.4 Å². The summed E-state index contributed by atoms with van der Waals surface area (Å²) in [7, 11) is 1.55. The fourth-order valence-corrected chi connectivity index (χ4v) is 1.91. The fourth-order valence-electron chi connectivity index (χ4n) is 1.91. The normalized spacial score (nSPS) is 10.0. The Morgan fingerprint density at radius 3 is 2.52 bits per heavy atom. The minimum Gasteiger partial charge on any atom is -0.497 e. The predicted octanol–water partition coefficient (Wildman–Crippen LogP) is 2.93. The Morgan fingerprint density at radius 2 is 1.91 bits per heavy atom. The fraction of sp³-hybridized carbons (Fsp3) is 0.188. The summed E-state index contributed by atoms with van der Waals surface area (Å²) in [4.78, 5) is 22.3. The first kappa shape index (κ1) is 16.3. The number of nitro benzene ring substituents is 1. The third-order valence-electron chi connectivity index (χ3n) is 3.04. The smallest absolute Gasteiger partial charge is 0.311 e. The van der Waals surface area contributed by atoms with Crippen molar-refractivity contribution in [2.45, 2.75) is 6.92 Å². The second-order valence-corrected chi connectivity index (χ2v) is 4.79. The monoisotopic (exact) mass is 316 g/mol. The molecule has 0 atom stereocenters. The largest absolute Gasteiger partial charge is 0.497 e. The molecular weight excluding hydrogens is 300 g/mol. The van der Waals surface area contributed by atoms with Crippen molar-refractivity contribution in [3.05, 3.63) is 58.1 Å². The van der Waals surface area contributed by atoms with E-state index in [9.17, 15) is 14.9 Å². The van der Waals surface area contributed by atoms with E-state index < -0.39 is 10.8 Å². The molecule has 0 radical (unpaired) electrons. The van der Waals surface area contributed by atoms with Crippen molar-refractivity contribution in [1.29, 1.82) is 0 Å². The van der Waals surface area contributed by atoms with Gasteiger partial charge in [-0.2, -0.15) is 0 Å². The van der Waals surface area contributed by atoms with Gasteiger partial charge in [0.25, 0.3) is 5.91 Å². The molecule has 0 fully saturated rings. The van der Waals surface area contributed by atoms with Crippen LogP contribution in [0.1, 0.15) is 5.56 Å². The van der Waals surface area contributed by atoms with Gasteiger partial charge in [0, 0.05) is 11.8 Å². The average molecular weight is 316 g/mol. The van der Waals surface area contributed by atoms with Crippen molar-refractivity contribution < 1.29 is 19.2 Å². The van der Waals surface area contributed by atoms with Crippen molar-refractivity contribution in [1.82, 2.24) is 0 Å². The van der Waals surface area contributed by atoms with E-state index in [2.05, 4.69) is 5.32 Å². The number of carbonyl (C=O) groups is 1. The maximum atomic E-state index is 11.9. The Hall–Kier alpha value is -3.09. The number of ether oxygens (including phenoxy) is 2. The number of hydrogen-bond acceptors (Lipinski definition) is 5. The molecule has 0 spiro atoms. The van der Waals surface area contributed by atoms with Gasteiger partial charge in [0.05, 0.1) is 12.0 Å². The lowest BCUT2D eigenvalue weighted by Gasteiger charge is -2.09. The molecule has 2 rings (SSSR count). The zero-order valence-electron chi connectivity index (χ0n) is 12.7. The third kappa shape index (κ3) is 4.44. The van der Waals surface area contributed by atoms with Gasteiger partial charge in [-0.1, -0.05) is 6.07 Å². The number of nitrogens with one attached hydrogen (secondary N) is 1. The van der Waals surface area contributed by atoms with Crippen molar-refractivity contribution in [3.8, 4) is 11.5 Å². The topological polar surface area (TPSA) is 90.7 Å². The Labute approximate surface area is 133 Å². The molecule has 0 aromatic heterocycles. The van der Waals surface area contributed by atoms with E-state index in [0.29, 0.717) is 11.4 Å². The molecule has 1 N–H and O–H groups in total. The highest BCUT2D eigenvalue weighted by Gasteiger charge is 2.16. The van der Waals surface area contributed by atoms with E-state index >= 15 is 0 Å². The molecule has 2 aromatic carbocycles. The van der Waals surface area contributed by atoms with Gasteiger partial charge in [-0.05, 0) is 42.8 Å². The predicted molar refractivity (Wildman–Crippen MR) is 85.0 cm³/mol. The van der Waals surface area contributed by atoms with Crippen LogP contribution in [0.5, 0.6) is 11.5 Å². The number of anilines is 1. The first-order chi connectivity index (χ1) is 11.0. The molecule has 0 aliphatic rings. The van der Waals surface area contributed by atoms with E-state index in [1.807, 2.05) is 0 Å². The zero-order chi connectivity index (χ0) is 16.8. The number of rotatable bonds is 6. The molecule has 0 saturated heterocycles. The van der Waals surface area contributed by atoms with Crippen LogP contribution in [0.2, 0.25) is 0 Å². The summed E-state index contributed by atoms with van der Waals surface area (Å²) in [5.74, 6) is 0.324. The van der Waals surface area contributed by atoms with Gasteiger partial charge in [0.2, 0.25) is 0 Å². The minimum atomic E-state index is -0.538. The minimum absolute atomic E-state index is 0.0606. The molecule has 0 unspecified atom stereocenters. The van der Waals surface area contributed by atoms with Gasteiger partial charge in [0.1, 0.15) is 5.75 Å². The maximum absolute atomic E-state index is 11.9. The van der Waals surface area contributed by atoms with Crippen molar-refractivity contribution in [2.24, 2.45) is 0 Å². The summed E-state index contributed by atoms with van der Waals surface area (Å²) < 4.78 is 10.3. The van der Waals surface area contributed by atoms with Crippen LogP contribution >= 0.6 is 0 Å². The molecule has 1 amide bonds. The maximum Gasteiger partial charge on any atom is 0.311 e. The second kappa shape index (κ2) is 7.26. The van der Waals surface area contributed by atoms with Crippen LogP contribution in [-0.2, 0) is 4.79 Å². The molecule has 0 aliphatic carbocycles. The molecule has 0 saturated carbocycles. The summed E-state index contributed by atoms with van der Waals surface area (Å²) >= 11 is 0. The Morgan fingerprint density at radius 1 is 1.22 bits per heavy atom. The molecule has 0 aliphatic heterocycles. The quantitative estimate of drug-likeness (QED) is 0.653. The highest BCUT2D eigenvalue weighted by molar-refractivity contribution is 5.91. The van der Waals surface area contributed by atoms with Crippen LogP contribution in [-0.4, -0.2) is 24.5 Å². The van der Waals surface area contributed by atoms with E-state index in [1.165, 1.54) is 12.1 Å². The van der Waals surface area contributed by atoms with Crippen LogP contribution in [0.25, 0.3) is 0 Å². The van der Waals surface area contributed by atoms with Gasteiger partial charge in [-0.3, -0.25) is 14.9 Å². The zero-order valence-corrected chi connectivity index (χ0v) is 12.7. The third-order valence-corrected chi connectivity index (χ3v) is 3.04. The second-order valence-electron chi connectivity index (χ2n) is 4.79. The van der Waals surface area contributed by atoms with Crippen LogP contribution in [0.15, 0.2) is 42.5 Å². The highest BCUT2D eigenvalue weighted by atomic mass is 16.6. The summed E-state index contributed by atoms with van der Waals surface area (Å²) in [6.07, 6.45) is 0. The van der Waals surface area contributed by atoms with Crippen LogP contribution in [0, 0.1) is 17.0 Å². The molecule has 0 heterocycles. The van der Waals surface area contributed by atoms with E-state index in [4.69, 9.17) is 9.47 Å². The summed E-state index contributed by atoms with van der Waals surface area (Å²) in [5.41, 5.74) is 1.16. The first-order valence-electron chi connectivity index (χ1n) is 6.81. The molecule has 0 bridgehead atoms. The number of nitrogens with zero attached hydrogens (tertiary/aromatic N) is 1. The van der Waals surface area contributed by atoms with E-state index in [-0.39, 0.29) is 18.0 Å². The van der Waals surface area contributed by atoms with Crippen LogP contribution < -0.4 is 14.8 Å². The summed E-state index contributed by atoms with van der Waals surface area (Å²) in [5, 5.41) is 13.6. The summed E-state index contributed by atoms with van der Waals surface area (Å²) in [6.45, 7) is 1.42. The number of hydrogen-bond donors (Lipinski definition) is 1. The molecule has 23 heavy (non-hydrogen) atoms. The van der Waals surface area contributed by atoms with Crippen molar-refractivity contribution in [3.63, 3.8) is 0 Å². The number of carbonyl (C=O) groups excluding carboxylic acids is 1. The Kier molecular flexibility index (Phi) is 5.14. The first-order valence-corrected chi connectivity index (χ1v) is 6.81. The molecular formula is C16H16N2O5. The SMILES string of the molecule is COc1ccc(NC(=O)COc2ccc(C)cc2[N+](=O)[O-])cc1. The number of nitro groups is 1. The van der Waals surface area contributed by atoms with Gasteiger partial charge >= 0.3 is 5.69 Å². The number of amides is 1. The lowest BCUT2D eigenvalue weighted by Crippen LogP contribution is -2.20. The molecule has 120 valence electrons. The number of benzene rings is 2. The number of aryl methyl sites for hydroxylation is 1. The lowest BCUT2D eigenvalue weighted by atomic mass is 10.2. The average Bonchev–Trinajstić information content (AvgIpc) is 2.54. The van der Waals surface area contributed by atoms with E-state index in [1.54, 1.807) is 44.4 Å². The Balaban J connectivity index is 1.97. The van der Waals surface area contributed by atoms with Crippen LogP contribution in [0.4, 0.5) is 11.4 Å². The lowest BCUT2D eigenvalue weighted by molar-refractivity contribution is -0.385. The van der Waals surface area contributed by atoms with E-state index in [0.717, 1.165) is 5.56 Å². The van der Waals surface area contributed by atoms with Gasteiger partial charge < -0.3 is 14.8 Å². The molecule has 7 heteroatoms. The number of methoxy groups -OCH3 is 1. The van der Waals surface area contributed by atoms with Crippen molar-refractivity contribution in [2.75, 3.05) is 19.0 Å². The standard InChI is InChI=1S/C16H16N2O5/c1-11-3-8-15(14(9-11)18(20)21)23-10-16(19)17-12-4-6-13(22-2)7-5-12/h3-9H,10H2,1-2H3,(H,17,19). The van der Waals surface area contributed by atoms with Crippen LogP contribution in [0.3, 0.4) is 0 Å².